The van der Waals surface area contributed by atoms with Crippen molar-refractivity contribution in [3.63, 3.8) is 0 Å². The molecule has 3 N–H and O–H groups in total. The molecule has 0 radical (unpaired) electrons. The van der Waals surface area contributed by atoms with Gasteiger partial charge in [-0.3, -0.25) is 14.4 Å². The number of carbonyl (C=O) groups excluding carboxylic acids is 3. The van der Waals surface area contributed by atoms with E-state index in [1.807, 2.05) is 62.4 Å². The first-order valence-electron chi connectivity index (χ1n) is 11.9. The van der Waals surface area contributed by atoms with Crippen molar-refractivity contribution in [1.82, 2.24) is 5.32 Å². The predicted octanol–water partition coefficient (Wildman–Crippen LogP) is 3.49. The largest absolute Gasteiger partial charge is 0.369 e. The maximum Gasteiger partial charge on any atom is 0.272 e. The summed E-state index contributed by atoms with van der Waals surface area (Å²) >= 11 is 0. The summed E-state index contributed by atoms with van der Waals surface area (Å²) in [7, 11) is 1.68. The third-order valence-corrected chi connectivity index (χ3v) is 7.22. The van der Waals surface area contributed by atoms with E-state index in [2.05, 4.69) is 11.9 Å². The molecule has 2 aromatic carbocycles. The van der Waals surface area contributed by atoms with Gasteiger partial charge in [-0.1, -0.05) is 60.0 Å². The van der Waals surface area contributed by atoms with Crippen LogP contribution < -0.4 is 16.0 Å². The van der Waals surface area contributed by atoms with Gasteiger partial charge in [-0.15, -0.1) is 6.58 Å². The van der Waals surface area contributed by atoms with Gasteiger partial charge in [0.25, 0.3) is 5.91 Å². The Balaban J connectivity index is 1.75. The van der Waals surface area contributed by atoms with Crippen molar-refractivity contribution < 1.29 is 14.4 Å². The maximum absolute atomic E-state index is 13.6. The summed E-state index contributed by atoms with van der Waals surface area (Å²) in [4.78, 5) is 45.8. The fourth-order valence-electron chi connectivity index (χ4n) is 5.00. The molecule has 1 aliphatic carbocycles. The summed E-state index contributed by atoms with van der Waals surface area (Å²) < 4.78 is 0. The number of hydrogen-bond donors (Lipinski definition) is 2. The number of para-hydroxylation sites is 1. The molecule has 3 amide bonds. The monoisotopic (exact) mass is 472 g/mol. The molecule has 0 aromatic heterocycles. The van der Waals surface area contributed by atoms with Gasteiger partial charge in [-0.25, -0.2) is 4.99 Å². The molecular formula is C28H32N4O3. The van der Waals surface area contributed by atoms with Crippen molar-refractivity contribution in [3.05, 3.63) is 77.4 Å². The van der Waals surface area contributed by atoms with Crippen LogP contribution in [0.15, 0.2) is 65.7 Å². The topological polar surface area (TPSA) is 105 Å². The van der Waals surface area contributed by atoms with Crippen molar-refractivity contribution >= 4 is 29.1 Å². The van der Waals surface area contributed by atoms with Crippen LogP contribution >= 0.6 is 0 Å². The summed E-state index contributed by atoms with van der Waals surface area (Å²) in [5.41, 5.74) is 9.70. The summed E-state index contributed by atoms with van der Waals surface area (Å²) in [5.74, 6) is -1.95. The van der Waals surface area contributed by atoms with Crippen LogP contribution in [0.5, 0.6) is 0 Å². The Hall–Kier alpha value is -3.74. The van der Waals surface area contributed by atoms with Gasteiger partial charge >= 0.3 is 0 Å². The first kappa shape index (κ1) is 24.4. The minimum Gasteiger partial charge on any atom is -0.369 e. The number of carbonyl (C=O) groups is 3. The van der Waals surface area contributed by atoms with Gasteiger partial charge in [0.05, 0.1) is 22.7 Å². The molecule has 35 heavy (non-hydrogen) atoms. The fraction of sp³-hybridized carbons (Fsp3) is 0.357. The zero-order valence-electron chi connectivity index (χ0n) is 20.5. The van der Waals surface area contributed by atoms with E-state index < -0.39 is 29.3 Å². The highest BCUT2D eigenvalue weighted by Crippen LogP contribution is 2.49. The lowest BCUT2D eigenvalue weighted by molar-refractivity contribution is -0.147. The number of hydrogen-bond acceptors (Lipinski definition) is 4. The lowest BCUT2D eigenvalue weighted by Crippen LogP contribution is -2.56. The van der Waals surface area contributed by atoms with E-state index in [0.717, 1.165) is 28.7 Å². The molecule has 1 heterocycles. The average Bonchev–Trinajstić information content (AvgIpc) is 2.88. The zero-order valence-corrected chi connectivity index (χ0v) is 20.5. The van der Waals surface area contributed by atoms with Crippen LogP contribution in [0, 0.1) is 18.3 Å². The molecule has 182 valence electrons. The van der Waals surface area contributed by atoms with E-state index >= 15 is 0 Å². The number of anilines is 1. The third-order valence-electron chi connectivity index (χ3n) is 7.22. The molecule has 7 nitrogen and oxygen atoms in total. The van der Waals surface area contributed by atoms with Gasteiger partial charge in [0.15, 0.2) is 0 Å². The molecule has 2 aliphatic rings. The number of amides is 3. The van der Waals surface area contributed by atoms with Crippen molar-refractivity contribution in [1.29, 1.82) is 0 Å². The van der Waals surface area contributed by atoms with Crippen LogP contribution in [0.4, 0.5) is 5.69 Å². The minimum absolute atomic E-state index is 0.320. The molecule has 4 rings (SSSR count). The number of fused-ring (bicyclic) bond motifs is 1. The fourth-order valence-corrected chi connectivity index (χ4v) is 5.00. The van der Waals surface area contributed by atoms with Crippen molar-refractivity contribution in [2.24, 2.45) is 22.1 Å². The number of benzodiazepines with no additional fused rings is 1. The second-order valence-corrected chi connectivity index (χ2v) is 9.76. The number of nitrogens with one attached hydrogen (secondary N) is 1. The number of aryl methyl sites for hydroxylation is 1. The standard InChI is InChI=1S/C28H32N4O3/c1-17(2)16-21(28(27(29)35)14-7-15-28)25(33)31-24-26(34)32(4)22-9-6-5-8-20(22)23(30-24)19-12-10-18(3)11-13-19/h5-6,8-13,21,24H,1,7,14-16H2,2-4H3,(H2,29,35)(H,31,33). The highest BCUT2D eigenvalue weighted by atomic mass is 16.2. The molecule has 1 fully saturated rings. The predicted molar refractivity (Wildman–Crippen MR) is 137 cm³/mol. The quantitative estimate of drug-likeness (QED) is 0.603. The summed E-state index contributed by atoms with van der Waals surface area (Å²) in [6, 6.07) is 15.4. The maximum atomic E-state index is 13.6. The Morgan fingerprint density at radius 2 is 1.86 bits per heavy atom. The highest BCUT2D eigenvalue weighted by molar-refractivity contribution is 6.20. The zero-order chi connectivity index (χ0) is 25.3. The van der Waals surface area contributed by atoms with Crippen LogP contribution in [0.1, 0.15) is 49.3 Å². The highest BCUT2D eigenvalue weighted by Gasteiger charge is 2.52. The van der Waals surface area contributed by atoms with E-state index in [0.29, 0.717) is 30.7 Å². The smallest absolute Gasteiger partial charge is 0.272 e. The summed E-state index contributed by atoms with van der Waals surface area (Å²) in [5, 5.41) is 2.85. The van der Waals surface area contributed by atoms with Crippen LogP contribution in [0.25, 0.3) is 0 Å². The molecule has 1 aliphatic heterocycles. The van der Waals surface area contributed by atoms with Crippen molar-refractivity contribution in [3.8, 4) is 0 Å². The van der Waals surface area contributed by atoms with Crippen LogP contribution in [0.2, 0.25) is 0 Å². The van der Waals surface area contributed by atoms with Crippen molar-refractivity contribution in [2.75, 3.05) is 11.9 Å². The van der Waals surface area contributed by atoms with E-state index in [9.17, 15) is 14.4 Å². The number of allylic oxidation sites excluding steroid dienone is 1. The molecule has 2 atom stereocenters. The minimum atomic E-state index is -1.14. The van der Waals surface area contributed by atoms with Gasteiger partial charge in [0.2, 0.25) is 18.0 Å². The summed E-state index contributed by atoms with van der Waals surface area (Å²) in [6.07, 6.45) is 1.11. The number of nitrogens with two attached hydrogens (primary N) is 1. The number of likely N-dealkylation sites (N-methyl/N-ethyl adjacent to an activating group) is 1. The molecule has 0 spiro atoms. The lowest BCUT2D eigenvalue weighted by atomic mass is 9.59. The van der Waals surface area contributed by atoms with Gasteiger partial charge < -0.3 is 16.0 Å². The Morgan fingerprint density at radius 3 is 2.43 bits per heavy atom. The Labute approximate surface area is 206 Å². The molecule has 0 saturated heterocycles. The van der Waals surface area contributed by atoms with E-state index in [1.165, 1.54) is 4.90 Å². The molecule has 7 heteroatoms. The lowest BCUT2D eigenvalue weighted by Gasteiger charge is -2.44. The second-order valence-electron chi connectivity index (χ2n) is 9.76. The third kappa shape index (κ3) is 4.50. The number of benzene rings is 2. The van der Waals surface area contributed by atoms with Gasteiger partial charge in [0.1, 0.15) is 0 Å². The molecule has 2 aromatic rings. The molecule has 2 unspecified atom stereocenters. The number of primary amides is 1. The SMILES string of the molecule is C=C(C)CC(C(=O)NC1N=C(c2ccc(C)cc2)c2ccccc2N(C)C1=O)C1(C(N)=O)CCC1. The number of rotatable bonds is 7. The second kappa shape index (κ2) is 9.49. The first-order valence-corrected chi connectivity index (χ1v) is 11.9. The van der Waals surface area contributed by atoms with E-state index in [1.54, 1.807) is 7.05 Å². The molecule has 0 bridgehead atoms. The Kier molecular flexibility index (Phi) is 6.61. The van der Waals surface area contributed by atoms with Crippen molar-refractivity contribution in [2.45, 2.75) is 45.7 Å². The van der Waals surface area contributed by atoms with Gasteiger partial charge in [0, 0.05) is 18.2 Å². The van der Waals surface area contributed by atoms with Crippen LogP contribution in [0.3, 0.4) is 0 Å². The Morgan fingerprint density at radius 1 is 1.20 bits per heavy atom. The first-order chi connectivity index (χ1) is 16.6. The van der Waals surface area contributed by atoms with E-state index in [-0.39, 0.29) is 5.91 Å². The number of nitrogens with zero attached hydrogens (tertiary/aromatic N) is 2. The van der Waals surface area contributed by atoms with E-state index in [4.69, 9.17) is 10.7 Å². The summed E-state index contributed by atoms with van der Waals surface area (Å²) in [6.45, 7) is 7.77. The average molecular weight is 473 g/mol. The normalized spacial score (nSPS) is 19.5. The van der Waals surface area contributed by atoms with Crippen LogP contribution in [-0.2, 0) is 14.4 Å². The Bertz CT molecular complexity index is 1210. The molecular weight excluding hydrogens is 440 g/mol. The van der Waals surface area contributed by atoms with Gasteiger partial charge in [-0.05, 0) is 39.2 Å². The van der Waals surface area contributed by atoms with Crippen LogP contribution in [-0.4, -0.2) is 36.6 Å². The molecule has 1 saturated carbocycles. The van der Waals surface area contributed by atoms with Gasteiger partial charge in [-0.2, -0.15) is 0 Å². The number of aliphatic imine (C=N–C) groups is 1.